The van der Waals surface area contributed by atoms with Gasteiger partial charge in [-0.25, -0.2) is 4.39 Å². The number of hydrogen-bond donors (Lipinski definition) is 0. The molecule has 1 unspecified atom stereocenters. The maximum absolute atomic E-state index is 13.5. The Kier molecular flexibility index (Phi) is 3.57. The van der Waals surface area contributed by atoms with Crippen molar-refractivity contribution in [1.29, 1.82) is 0 Å². The lowest BCUT2D eigenvalue weighted by molar-refractivity contribution is 0.173. The molecule has 0 amide bonds. The predicted octanol–water partition coefficient (Wildman–Crippen LogP) is 6.26. The number of aromatic nitrogens is 1. The van der Waals surface area contributed by atoms with Crippen molar-refractivity contribution in [3.63, 3.8) is 0 Å². The molecule has 0 saturated carbocycles. The van der Waals surface area contributed by atoms with E-state index >= 15 is 0 Å². The van der Waals surface area contributed by atoms with E-state index < -0.39 is 0 Å². The summed E-state index contributed by atoms with van der Waals surface area (Å²) in [5.41, 5.74) is 6.75. The van der Waals surface area contributed by atoms with Gasteiger partial charge in [0.1, 0.15) is 11.6 Å². The van der Waals surface area contributed by atoms with E-state index in [0.717, 1.165) is 40.1 Å². The summed E-state index contributed by atoms with van der Waals surface area (Å²) in [4.78, 5) is 0. The number of aryl methyl sites for hydroxylation is 2. The minimum absolute atomic E-state index is 0.240. The molecule has 1 atom stereocenters. The Morgan fingerprint density at radius 3 is 2.56 bits per heavy atom. The Morgan fingerprint density at radius 1 is 0.963 bits per heavy atom. The molecule has 1 aliphatic heterocycles. The molecule has 27 heavy (non-hydrogen) atoms. The number of hydrogen-bond acceptors (Lipinski definition) is 1. The summed E-state index contributed by atoms with van der Waals surface area (Å²) < 4.78 is 22.1. The molecule has 2 nitrogen and oxygen atoms in total. The van der Waals surface area contributed by atoms with Crippen LogP contribution in [0.4, 0.5) is 4.39 Å². The van der Waals surface area contributed by atoms with E-state index in [1.807, 2.05) is 0 Å². The molecule has 1 aliphatic rings. The Morgan fingerprint density at radius 2 is 1.78 bits per heavy atom. The highest BCUT2D eigenvalue weighted by Crippen LogP contribution is 2.44. The lowest BCUT2D eigenvalue weighted by Gasteiger charge is -2.30. The van der Waals surface area contributed by atoms with Gasteiger partial charge < -0.3 is 9.30 Å². The fraction of sp³-hybridized carbons (Fsp3) is 0.167. The molecular formula is C24H20FNO. The van der Waals surface area contributed by atoms with Gasteiger partial charge in [0.15, 0.2) is 0 Å². The quantitative estimate of drug-likeness (QED) is 0.413. The smallest absolute Gasteiger partial charge is 0.203 e. The number of benzene rings is 3. The van der Waals surface area contributed by atoms with Gasteiger partial charge in [-0.15, -0.1) is 0 Å². The summed E-state index contributed by atoms with van der Waals surface area (Å²) in [5.74, 6) is 0.631. The molecule has 5 rings (SSSR count). The number of ether oxygens (including phenoxy) is 1. The minimum atomic E-state index is -0.320. The molecule has 134 valence electrons. The van der Waals surface area contributed by atoms with Gasteiger partial charge in [0.05, 0.1) is 11.2 Å². The molecule has 4 aromatic rings. The minimum Gasteiger partial charge on any atom is -0.465 e. The van der Waals surface area contributed by atoms with Gasteiger partial charge in [0.2, 0.25) is 6.23 Å². The van der Waals surface area contributed by atoms with Crippen LogP contribution in [0.3, 0.4) is 0 Å². The zero-order chi connectivity index (χ0) is 18.5. The van der Waals surface area contributed by atoms with Gasteiger partial charge >= 0.3 is 0 Å². The summed E-state index contributed by atoms with van der Waals surface area (Å²) >= 11 is 0. The van der Waals surface area contributed by atoms with Crippen LogP contribution in [0, 0.1) is 12.7 Å². The Balaban J connectivity index is 1.79. The molecule has 0 bridgehead atoms. The fourth-order valence-electron chi connectivity index (χ4n) is 3.92. The second-order valence-electron chi connectivity index (χ2n) is 7.17. The maximum atomic E-state index is 13.5. The summed E-state index contributed by atoms with van der Waals surface area (Å²) in [7, 11) is 0. The van der Waals surface area contributed by atoms with Gasteiger partial charge in [-0.05, 0) is 66.9 Å². The van der Waals surface area contributed by atoms with Crippen LogP contribution in [0.5, 0.6) is 5.75 Å². The number of rotatable bonds is 2. The second-order valence-corrected chi connectivity index (χ2v) is 7.17. The molecule has 0 saturated heterocycles. The average Bonchev–Trinajstić information content (AvgIpc) is 3.06. The number of nitrogens with zero attached hydrogens (tertiary/aromatic N) is 1. The van der Waals surface area contributed by atoms with Gasteiger partial charge in [-0.3, -0.25) is 0 Å². The third-order valence-electron chi connectivity index (χ3n) is 5.35. The normalized spacial score (nSPS) is 15.3. The van der Waals surface area contributed by atoms with Crippen molar-refractivity contribution in [2.45, 2.75) is 26.5 Å². The first-order valence-corrected chi connectivity index (χ1v) is 9.31. The van der Waals surface area contributed by atoms with E-state index in [1.54, 1.807) is 12.1 Å². The van der Waals surface area contributed by atoms with Crippen molar-refractivity contribution in [1.82, 2.24) is 4.57 Å². The van der Waals surface area contributed by atoms with Crippen molar-refractivity contribution in [3.8, 4) is 17.0 Å². The highest BCUT2D eigenvalue weighted by Gasteiger charge is 2.29. The van der Waals surface area contributed by atoms with E-state index in [1.165, 1.54) is 23.1 Å². The fourth-order valence-corrected chi connectivity index (χ4v) is 3.92. The lowest BCUT2D eigenvalue weighted by atomic mass is 10.0. The van der Waals surface area contributed by atoms with E-state index in [9.17, 15) is 4.39 Å². The molecule has 0 radical (unpaired) electrons. The van der Waals surface area contributed by atoms with Crippen molar-refractivity contribution in [2.24, 2.45) is 0 Å². The molecule has 0 aliphatic carbocycles. The van der Waals surface area contributed by atoms with Crippen LogP contribution < -0.4 is 4.74 Å². The van der Waals surface area contributed by atoms with E-state index in [4.69, 9.17) is 4.74 Å². The van der Waals surface area contributed by atoms with Crippen molar-refractivity contribution in [2.75, 3.05) is 0 Å². The van der Waals surface area contributed by atoms with Crippen LogP contribution in [0.2, 0.25) is 0 Å². The Bertz CT molecular complexity index is 1160. The van der Waals surface area contributed by atoms with Crippen molar-refractivity contribution >= 4 is 10.9 Å². The third-order valence-corrected chi connectivity index (χ3v) is 5.35. The molecule has 3 aromatic carbocycles. The van der Waals surface area contributed by atoms with Crippen LogP contribution in [0.15, 0.2) is 66.7 Å². The van der Waals surface area contributed by atoms with E-state index in [2.05, 4.69) is 60.9 Å². The largest absolute Gasteiger partial charge is 0.465 e. The zero-order valence-corrected chi connectivity index (χ0v) is 15.4. The van der Waals surface area contributed by atoms with Crippen LogP contribution in [0.25, 0.3) is 22.2 Å². The molecule has 3 heteroatoms. The SMILES string of the molecule is CCc1ccc2c(c1)cc1n2C(c2ccc(F)cc2)Oc2cc(C)ccc2-1. The topological polar surface area (TPSA) is 14.2 Å². The molecule has 1 aromatic heterocycles. The maximum Gasteiger partial charge on any atom is 0.203 e. The molecule has 0 spiro atoms. The van der Waals surface area contributed by atoms with Gasteiger partial charge in [-0.2, -0.15) is 0 Å². The van der Waals surface area contributed by atoms with E-state index in [0.29, 0.717) is 0 Å². The predicted molar refractivity (Wildman–Crippen MR) is 107 cm³/mol. The Hall–Kier alpha value is -3.07. The summed E-state index contributed by atoms with van der Waals surface area (Å²) in [6, 6.07) is 21.7. The van der Waals surface area contributed by atoms with Crippen molar-refractivity contribution < 1.29 is 9.13 Å². The molecule has 2 heterocycles. The summed E-state index contributed by atoms with van der Waals surface area (Å²) in [6.45, 7) is 4.23. The van der Waals surface area contributed by atoms with Crippen molar-refractivity contribution in [3.05, 3.63) is 89.2 Å². The highest BCUT2D eigenvalue weighted by molar-refractivity contribution is 5.89. The van der Waals surface area contributed by atoms with E-state index in [-0.39, 0.29) is 12.0 Å². The second kappa shape index (κ2) is 5.98. The highest BCUT2D eigenvalue weighted by atomic mass is 19.1. The summed E-state index contributed by atoms with van der Waals surface area (Å²) in [6.07, 6.45) is 0.685. The van der Waals surface area contributed by atoms with Gasteiger partial charge in [-0.1, -0.05) is 31.2 Å². The molecular weight excluding hydrogens is 337 g/mol. The Labute approximate surface area is 157 Å². The van der Waals surface area contributed by atoms with Crippen LogP contribution >= 0.6 is 0 Å². The molecule has 0 N–H and O–H groups in total. The molecule has 0 fully saturated rings. The summed E-state index contributed by atoms with van der Waals surface area (Å²) in [5, 5.41) is 1.20. The monoisotopic (exact) mass is 357 g/mol. The average molecular weight is 357 g/mol. The van der Waals surface area contributed by atoms with Gasteiger partial charge in [0.25, 0.3) is 0 Å². The first-order valence-electron chi connectivity index (χ1n) is 9.31. The van der Waals surface area contributed by atoms with Crippen LogP contribution in [0.1, 0.15) is 29.8 Å². The number of halogens is 1. The lowest BCUT2D eigenvalue weighted by Crippen LogP contribution is -2.22. The first-order chi connectivity index (χ1) is 13.1. The van der Waals surface area contributed by atoms with Crippen LogP contribution in [-0.4, -0.2) is 4.57 Å². The zero-order valence-electron chi connectivity index (χ0n) is 15.4. The number of fused-ring (bicyclic) bond motifs is 5. The third kappa shape index (κ3) is 2.54. The van der Waals surface area contributed by atoms with Gasteiger partial charge in [0, 0.05) is 16.5 Å². The van der Waals surface area contributed by atoms with Crippen LogP contribution in [-0.2, 0) is 6.42 Å². The standard InChI is InChI=1S/C24H20FNO/c1-3-16-5-11-21-18(13-16)14-22-20-10-4-15(2)12-23(20)27-24(26(21)22)17-6-8-19(25)9-7-17/h4-14,24H,3H2,1-2H3. The first kappa shape index (κ1) is 16.1.